The maximum atomic E-state index is 5.57. The summed E-state index contributed by atoms with van der Waals surface area (Å²) in [7, 11) is 0. The Morgan fingerprint density at radius 3 is 2.28 bits per heavy atom. The second-order valence-electron chi connectivity index (χ2n) is 4.44. The Hall–Kier alpha value is -2.10. The zero-order valence-corrected chi connectivity index (χ0v) is 10.9. The maximum Gasteiger partial charge on any atom is 0.233 e. The minimum atomic E-state index is 0.393. The fraction of sp³-hybridized carbons (Fsp3) is 0.286. The number of nitrogens with two attached hydrogens (primary N) is 1. The molecule has 2 aromatic rings. The van der Waals surface area contributed by atoms with Crippen LogP contribution in [0.15, 0.2) is 24.3 Å². The molecule has 0 atom stereocenters. The van der Waals surface area contributed by atoms with Crippen LogP contribution in [0.25, 0.3) is 0 Å². The van der Waals surface area contributed by atoms with Crippen molar-refractivity contribution in [3.05, 3.63) is 46.5 Å². The lowest BCUT2D eigenvalue weighted by molar-refractivity contribution is 0.290. The van der Waals surface area contributed by atoms with Crippen molar-refractivity contribution < 1.29 is 4.74 Å². The molecule has 0 unspecified atom stereocenters. The molecule has 0 bridgehead atoms. The molecule has 1 aromatic heterocycles. The minimum absolute atomic E-state index is 0.393. The number of rotatable bonds is 3. The van der Waals surface area contributed by atoms with E-state index in [0.717, 1.165) is 5.56 Å². The van der Waals surface area contributed by atoms with Crippen molar-refractivity contribution in [1.29, 1.82) is 0 Å². The van der Waals surface area contributed by atoms with E-state index in [1.54, 1.807) is 12.1 Å². The Labute approximate surface area is 107 Å². The molecule has 0 aliphatic carbocycles. The third-order valence-electron chi connectivity index (χ3n) is 3.03. The van der Waals surface area contributed by atoms with Gasteiger partial charge in [-0.25, -0.2) is 0 Å². The fourth-order valence-corrected chi connectivity index (χ4v) is 1.77. The highest BCUT2D eigenvalue weighted by molar-refractivity contribution is 5.36. The van der Waals surface area contributed by atoms with Gasteiger partial charge in [-0.1, -0.05) is 12.1 Å². The Balaban J connectivity index is 2.08. The number of nitrogens with zero attached hydrogens (tertiary/aromatic N) is 2. The zero-order chi connectivity index (χ0) is 13.1. The van der Waals surface area contributed by atoms with Crippen LogP contribution in [0, 0.1) is 20.8 Å². The molecule has 4 heteroatoms. The third kappa shape index (κ3) is 2.77. The van der Waals surface area contributed by atoms with E-state index in [4.69, 9.17) is 10.5 Å². The second-order valence-corrected chi connectivity index (χ2v) is 4.44. The Morgan fingerprint density at radius 2 is 1.72 bits per heavy atom. The van der Waals surface area contributed by atoms with Gasteiger partial charge in [0, 0.05) is 6.07 Å². The van der Waals surface area contributed by atoms with Gasteiger partial charge in [0.25, 0.3) is 0 Å². The van der Waals surface area contributed by atoms with Gasteiger partial charge >= 0.3 is 0 Å². The average molecular weight is 243 g/mol. The molecule has 94 valence electrons. The molecule has 0 spiro atoms. The number of aromatic nitrogens is 2. The second kappa shape index (κ2) is 5.04. The summed E-state index contributed by atoms with van der Waals surface area (Å²) >= 11 is 0. The van der Waals surface area contributed by atoms with E-state index in [1.165, 1.54) is 16.7 Å². The van der Waals surface area contributed by atoms with Gasteiger partial charge in [-0.05, 0) is 49.1 Å². The van der Waals surface area contributed by atoms with E-state index in [-0.39, 0.29) is 0 Å². The largest absolute Gasteiger partial charge is 0.472 e. The topological polar surface area (TPSA) is 61.0 Å². The molecule has 0 aliphatic heterocycles. The molecule has 0 fully saturated rings. The molecular formula is C14H17N3O. The van der Waals surface area contributed by atoms with Crippen LogP contribution in [-0.2, 0) is 6.61 Å². The van der Waals surface area contributed by atoms with Gasteiger partial charge in [0.05, 0.1) is 0 Å². The maximum absolute atomic E-state index is 5.57. The molecule has 18 heavy (non-hydrogen) atoms. The van der Waals surface area contributed by atoms with Crippen molar-refractivity contribution in [3.63, 3.8) is 0 Å². The highest BCUT2D eigenvalue weighted by atomic mass is 16.5. The van der Waals surface area contributed by atoms with E-state index < -0.39 is 0 Å². The molecule has 2 rings (SSSR count). The molecule has 4 nitrogen and oxygen atoms in total. The number of hydrogen-bond donors (Lipinski definition) is 1. The van der Waals surface area contributed by atoms with Gasteiger partial charge in [-0.2, -0.15) is 0 Å². The van der Waals surface area contributed by atoms with Crippen molar-refractivity contribution in [2.75, 3.05) is 5.73 Å². The van der Waals surface area contributed by atoms with Gasteiger partial charge in [-0.15, -0.1) is 10.2 Å². The lowest BCUT2D eigenvalue weighted by atomic mass is 10.0. The van der Waals surface area contributed by atoms with Crippen molar-refractivity contribution in [3.8, 4) is 5.88 Å². The molecule has 0 saturated heterocycles. The molecule has 1 aromatic carbocycles. The highest BCUT2D eigenvalue weighted by Crippen LogP contribution is 2.17. The van der Waals surface area contributed by atoms with Crippen LogP contribution < -0.4 is 10.5 Å². The minimum Gasteiger partial charge on any atom is -0.472 e. The number of aryl methyl sites for hydroxylation is 2. The van der Waals surface area contributed by atoms with E-state index in [2.05, 4.69) is 43.1 Å². The summed E-state index contributed by atoms with van der Waals surface area (Å²) in [6, 6.07) is 7.66. The first-order valence-corrected chi connectivity index (χ1v) is 5.85. The first-order valence-electron chi connectivity index (χ1n) is 5.85. The van der Waals surface area contributed by atoms with E-state index >= 15 is 0 Å². The number of benzene rings is 1. The predicted octanol–water partition coefficient (Wildman–Crippen LogP) is 2.56. The number of hydrogen-bond acceptors (Lipinski definition) is 4. The Kier molecular flexibility index (Phi) is 3.46. The van der Waals surface area contributed by atoms with Gasteiger partial charge in [0.15, 0.2) is 0 Å². The summed E-state index contributed by atoms with van der Waals surface area (Å²) in [6.07, 6.45) is 0. The lowest BCUT2D eigenvalue weighted by Gasteiger charge is -2.10. The summed E-state index contributed by atoms with van der Waals surface area (Å²) in [5.41, 5.74) is 10.5. The van der Waals surface area contributed by atoms with Crippen molar-refractivity contribution in [2.45, 2.75) is 27.4 Å². The summed E-state index contributed by atoms with van der Waals surface area (Å²) in [5.74, 6) is 0.879. The van der Waals surface area contributed by atoms with Crippen LogP contribution in [0.1, 0.15) is 22.3 Å². The fourth-order valence-electron chi connectivity index (χ4n) is 1.77. The number of anilines is 1. The van der Waals surface area contributed by atoms with Crippen LogP contribution >= 0.6 is 0 Å². The number of nitrogen functional groups attached to an aromatic ring is 1. The average Bonchev–Trinajstić information content (AvgIpc) is 2.35. The summed E-state index contributed by atoms with van der Waals surface area (Å²) in [4.78, 5) is 0. The molecule has 0 amide bonds. The highest BCUT2D eigenvalue weighted by Gasteiger charge is 2.03. The van der Waals surface area contributed by atoms with E-state index in [0.29, 0.717) is 18.3 Å². The molecule has 0 radical (unpaired) electrons. The van der Waals surface area contributed by atoms with Gasteiger partial charge in [0.1, 0.15) is 12.4 Å². The normalized spacial score (nSPS) is 10.4. The molecule has 1 heterocycles. The molecule has 2 N–H and O–H groups in total. The lowest BCUT2D eigenvalue weighted by Crippen LogP contribution is -2.01. The van der Waals surface area contributed by atoms with E-state index in [9.17, 15) is 0 Å². The van der Waals surface area contributed by atoms with Gasteiger partial charge in [0.2, 0.25) is 5.88 Å². The first kappa shape index (κ1) is 12.4. The van der Waals surface area contributed by atoms with E-state index in [1.807, 2.05) is 0 Å². The number of ether oxygens (including phenoxy) is 1. The van der Waals surface area contributed by atoms with Crippen molar-refractivity contribution >= 4 is 5.82 Å². The summed E-state index contributed by atoms with van der Waals surface area (Å²) in [6.45, 7) is 6.82. The van der Waals surface area contributed by atoms with Crippen molar-refractivity contribution in [2.24, 2.45) is 0 Å². The molecular weight excluding hydrogens is 226 g/mol. The van der Waals surface area contributed by atoms with Crippen LogP contribution in [0.4, 0.5) is 5.82 Å². The van der Waals surface area contributed by atoms with Crippen LogP contribution in [0.3, 0.4) is 0 Å². The standard InChI is InChI=1S/C14H17N3O/c1-9-6-12(7-10(2)11(9)3)8-18-14-5-4-13(15)16-17-14/h4-7H,8H2,1-3H3,(H2,15,16). The Bertz CT molecular complexity index is 526. The Morgan fingerprint density at radius 1 is 1.06 bits per heavy atom. The SMILES string of the molecule is Cc1cc(COc2ccc(N)nn2)cc(C)c1C. The zero-order valence-electron chi connectivity index (χ0n) is 10.9. The van der Waals surface area contributed by atoms with Gasteiger partial charge in [-0.3, -0.25) is 0 Å². The monoisotopic (exact) mass is 243 g/mol. The third-order valence-corrected chi connectivity index (χ3v) is 3.03. The predicted molar refractivity (Wildman–Crippen MR) is 71.4 cm³/mol. The van der Waals surface area contributed by atoms with Crippen LogP contribution in [-0.4, -0.2) is 10.2 Å². The summed E-state index contributed by atoms with van der Waals surface area (Å²) in [5, 5.41) is 7.60. The molecule has 0 aliphatic rings. The van der Waals surface area contributed by atoms with Crippen molar-refractivity contribution in [1.82, 2.24) is 10.2 Å². The van der Waals surface area contributed by atoms with Crippen LogP contribution in [0.2, 0.25) is 0 Å². The summed E-state index contributed by atoms with van der Waals surface area (Å²) < 4.78 is 5.57. The van der Waals surface area contributed by atoms with Gasteiger partial charge < -0.3 is 10.5 Å². The first-order chi connectivity index (χ1) is 8.56. The smallest absolute Gasteiger partial charge is 0.233 e. The van der Waals surface area contributed by atoms with Crippen LogP contribution in [0.5, 0.6) is 5.88 Å². The molecule has 0 saturated carbocycles. The quantitative estimate of drug-likeness (QED) is 0.900.